The van der Waals surface area contributed by atoms with E-state index < -0.39 is 51.6 Å². The van der Waals surface area contributed by atoms with Gasteiger partial charge in [0.25, 0.3) is 5.91 Å². The van der Waals surface area contributed by atoms with Gasteiger partial charge in [-0.05, 0) is 78.7 Å². The maximum Gasteiger partial charge on any atom is 0.255 e. The number of amides is 1. The fraction of sp³-hybridized carbons (Fsp3) is 0.412. The molecule has 3 aliphatic rings. The summed E-state index contributed by atoms with van der Waals surface area (Å²) < 4.78 is 5.80. The van der Waals surface area contributed by atoms with Crippen LogP contribution in [-0.4, -0.2) is 63.8 Å². The molecule has 2 aromatic rings. The highest BCUT2D eigenvalue weighted by molar-refractivity contribution is 6.20. The molecule has 0 aromatic heterocycles. The third kappa shape index (κ3) is 4.62. The molecule has 0 bridgehead atoms. The van der Waals surface area contributed by atoms with Gasteiger partial charge in [0.05, 0.1) is 7.11 Å². The van der Waals surface area contributed by atoms with Crippen LogP contribution in [0.25, 0.3) is 16.7 Å². The number of fused-ring (bicyclic) bond motifs is 3. The zero-order chi connectivity index (χ0) is 31.8. The summed E-state index contributed by atoms with van der Waals surface area (Å²) in [4.78, 5) is 26.8. The number of phenolic OH excluding ortho intramolecular Hbond substituents is 1. The molecular weight excluding hydrogens is 548 g/mol. The van der Waals surface area contributed by atoms with E-state index in [0.29, 0.717) is 35.4 Å². The Bertz CT molecular complexity index is 1640. The van der Waals surface area contributed by atoms with Gasteiger partial charge in [-0.25, -0.2) is 0 Å². The number of aromatic hydroxyl groups is 1. The minimum atomic E-state index is -2.38. The zero-order valence-electron chi connectivity index (χ0n) is 25.5. The monoisotopic (exact) mass is 588 g/mol. The van der Waals surface area contributed by atoms with E-state index in [1.165, 1.54) is 0 Å². The van der Waals surface area contributed by atoms with Gasteiger partial charge in [-0.3, -0.25) is 9.59 Å². The predicted octanol–water partition coefficient (Wildman–Crippen LogP) is 4.45. The number of primary amides is 1. The van der Waals surface area contributed by atoms with Crippen molar-refractivity contribution in [2.75, 3.05) is 21.2 Å². The minimum absolute atomic E-state index is 0.0175. The molecule has 3 aliphatic carbocycles. The molecule has 0 unspecified atom stereocenters. The Morgan fingerprint density at radius 2 is 1.79 bits per heavy atom. The number of methoxy groups -OCH3 is 1. The summed E-state index contributed by atoms with van der Waals surface area (Å²) >= 11 is 0. The Morgan fingerprint density at radius 1 is 1.12 bits per heavy atom. The van der Waals surface area contributed by atoms with Gasteiger partial charge in [0.1, 0.15) is 28.6 Å². The molecule has 9 heteroatoms. The zero-order valence-corrected chi connectivity index (χ0v) is 25.5. The lowest BCUT2D eigenvalue weighted by atomic mass is 9.59. The van der Waals surface area contributed by atoms with Crippen LogP contribution in [0.15, 0.2) is 53.5 Å². The number of allylic oxidation sites excluding steroid dienone is 2. The summed E-state index contributed by atoms with van der Waals surface area (Å²) in [7, 11) is 5.60. The molecular formula is C34H40N2O7. The number of nitrogens with two attached hydrogens (primary N) is 1. The number of hydrogen-bond donors (Lipinski definition) is 5. The Kier molecular flexibility index (Phi) is 7.26. The first-order valence-electron chi connectivity index (χ1n) is 14.4. The number of nitrogens with zero attached hydrogens (tertiary/aromatic N) is 1. The van der Waals surface area contributed by atoms with E-state index in [2.05, 4.69) is 17.5 Å². The molecule has 1 amide bonds. The summed E-state index contributed by atoms with van der Waals surface area (Å²) in [6, 6.07) is 8.01. The Hall–Kier alpha value is -4.08. The van der Waals surface area contributed by atoms with Gasteiger partial charge in [-0.15, -0.1) is 0 Å². The number of carbonyl (C=O) groups is 2. The molecule has 6 N–H and O–H groups in total. The van der Waals surface area contributed by atoms with Crippen molar-refractivity contribution in [2.24, 2.45) is 17.6 Å². The van der Waals surface area contributed by atoms with Gasteiger partial charge in [0, 0.05) is 41.1 Å². The molecule has 0 heterocycles. The van der Waals surface area contributed by atoms with Crippen LogP contribution in [-0.2, 0) is 28.0 Å². The number of rotatable bonds is 5. The van der Waals surface area contributed by atoms with Crippen molar-refractivity contribution in [3.05, 3.63) is 75.8 Å². The molecule has 0 spiro atoms. The Morgan fingerprint density at radius 3 is 2.37 bits per heavy atom. The summed E-state index contributed by atoms with van der Waals surface area (Å²) in [5.74, 6) is -3.99. The number of aliphatic hydroxyl groups excluding tert-OH is 2. The SMILES string of the molecule is C=C1C2=C(O)[C@]3(O)C(O)=C(C(N)=O)C(=O)C[C@@H]3C[C@@H]2Cc2c(-c3cc(CN(C)C)ccc3OC)cc(C(C)(C)C)c(O)c21. The van der Waals surface area contributed by atoms with Crippen LogP contribution in [0.1, 0.15) is 55.9 Å². The van der Waals surface area contributed by atoms with E-state index in [-0.39, 0.29) is 24.2 Å². The summed E-state index contributed by atoms with van der Waals surface area (Å²) in [6.45, 7) is 11.0. The van der Waals surface area contributed by atoms with Gasteiger partial charge < -0.3 is 35.8 Å². The molecule has 43 heavy (non-hydrogen) atoms. The molecule has 228 valence electrons. The van der Waals surface area contributed by atoms with Gasteiger partial charge in [0.2, 0.25) is 0 Å². The van der Waals surface area contributed by atoms with Crippen LogP contribution >= 0.6 is 0 Å². The number of benzene rings is 2. The largest absolute Gasteiger partial charge is 0.508 e. The molecule has 5 rings (SSSR count). The minimum Gasteiger partial charge on any atom is -0.508 e. The standard InChI is InChI=1S/C34H40N2O7/c1-16-26-18(11-19-13-24(37)28(32(35)41)31(40)34(19,42)30(26)39)12-22-20(14-23(33(2,3)4)29(38)27(16)22)21-10-17(15-36(5)6)8-9-25(21)43-7/h8-10,14,18-19,38-40,42H,1,11-13,15H2,2-7H3,(H2,35,41)/t18-,19+,34+/m1/s1. The van der Waals surface area contributed by atoms with Crippen LogP contribution in [0.3, 0.4) is 0 Å². The van der Waals surface area contributed by atoms with E-state index in [0.717, 1.165) is 22.3 Å². The molecule has 2 aromatic carbocycles. The van der Waals surface area contributed by atoms with E-state index in [9.17, 15) is 30.0 Å². The van der Waals surface area contributed by atoms with Crippen molar-refractivity contribution in [2.45, 2.75) is 57.6 Å². The average molecular weight is 589 g/mol. The maximum absolute atomic E-state index is 12.8. The van der Waals surface area contributed by atoms with Crippen molar-refractivity contribution in [1.29, 1.82) is 0 Å². The van der Waals surface area contributed by atoms with Crippen LogP contribution in [0.5, 0.6) is 11.5 Å². The van der Waals surface area contributed by atoms with Crippen molar-refractivity contribution in [1.82, 2.24) is 4.90 Å². The predicted molar refractivity (Wildman–Crippen MR) is 164 cm³/mol. The van der Waals surface area contributed by atoms with E-state index in [1.54, 1.807) is 7.11 Å². The third-order valence-electron chi connectivity index (χ3n) is 9.08. The van der Waals surface area contributed by atoms with Gasteiger partial charge in [0.15, 0.2) is 11.4 Å². The highest BCUT2D eigenvalue weighted by atomic mass is 16.5. The quantitative estimate of drug-likeness (QED) is 0.321. The average Bonchev–Trinajstić information content (AvgIpc) is 2.89. The van der Waals surface area contributed by atoms with Crippen molar-refractivity contribution in [3.8, 4) is 22.6 Å². The van der Waals surface area contributed by atoms with Gasteiger partial charge in [-0.2, -0.15) is 0 Å². The summed E-state index contributed by atoms with van der Waals surface area (Å²) in [5, 5.41) is 46.1. The van der Waals surface area contributed by atoms with Crippen molar-refractivity contribution < 1.29 is 34.8 Å². The molecule has 0 saturated heterocycles. The number of hydrogen-bond acceptors (Lipinski definition) is 8. The van der Waals surface area contributed by atoms with E-state index in [4.69, 9.17) is 10.5 Å². The van der Waals surface area contributed by atoms with Crippen LogP contribution in [0, 0.1) is 11.8 Å². The third-order valence-corrected chi connectivity index (χ3v) is 9.08. The number of Topliss-reactive ketones (excluding diaryl/α,β-unsaturated/α-hetero) is 1. The second-order valence-electron chi connectivity index (χ2n) is 13.3. The number of ether oxygens (including phenoxy) is 1. The van der Waals surface area contributed by atoms with E-state index >= 15 is 0 Å². The van der Waals surface area contributed by atoms with Crippen molar-refractivity contribution >= 4 is 17.3 Å². The normalized spacial score (nSPS) is 23.7. The number of aliphatic hydroxyl groups is 3. The topological polar surface area (TPSA) is 154 Å². The molecule has 0 radical (unpaired) electrons. The molecule has 9 nitrogen and oxygen atoms in total. The van der Waals surface area contributed by atoms with Gasteiger partial charge >= 0.3 is 0 Å². The lowest BCUT2D eigenvalue weighted by Crippen LogP contribution is -2.53. The van der Waals surface area contributed by atoms with Crippen LogP contribution in [0.2, 0.25) is 0 Å². The number of ketones is 1. The highest BCUT2D eigenvalue weighted by Gasteiger charge is 2.57. The molecule has 0 saturated carbocycles. The molecule has 0 aliphatic heterocycles. The Balaban J connectivity index is 1.80. The van der Waals surface area contributed by atoms with Crippen molar-refractivity contribution in [3.63, 3.8) is 0 Å². The Labute approximate surface area is 251 Å². The van der Waals surface area contributed by atoms with Gasteiger partial charge in [-0.1, -0.05) is 33.4 Å². The number of phenols is 1. The first-order chi connectivity index (χ1) is 20.0. The molecule has 3 atom stereocenters. The van der Waals surface area contributed by atoms with E-state index in [1.807, 2.05) is 53.1 Å². The second-order valence-corrected chi connectivity index (χ2v) is 13.3. The maximum atomic E-state index is 12.8. The first-order valence-corrected chi connectivity index (χ1v) is 14.4. The highest BCUT2D eigenvalue weighted by Crippen LogP contribution is 2.57. The smallest absolute Gasteiger partial charge is 0.255 e. The fourth-order valence-corrected chi connectivity index (χ4v) is 7.11. The van der Waals surface area contributed by atoms with Crippen LogP contribution < -0.4 is 10.5 Å². The lowest BCUT2D eigenvalue weighted by molar-refractivity contribution is -0.128. The lowest BCUT2D eigenvalue weighted by Gasteiger charge is -2.47. The van der Waals surface area contributed by atoms with Crippen LogP contribution in [0.4, 0.5) is 0 Å². The number of carbonyl (C=O) groups excluding carboxylic acids is 2. The summed E-state index contributed by atoms with van der Waals surface area (Å²) in [6.07, 6.45) is 0.304. The first kappa shape index (κ1) is 30.4. The summed E-state index contributed by atoms with van der Waals surface area (Å²) in [5.41, 5.74) is 7.04. The fourth-order valence-electron chi connectivity index (χ4n) is 7.11. The molecule has 0 fully saturated rings. The second kappa shape index (κ2) is 10.3.